The van der Waals surface area contributed by atoms with Gasteiger partial charge in [0.2, 0.25) is 0 Å². The van der Waals surface area contributed by atoms with Crippen LogP contribution in [0.25, 0.3) is 0 Å². The molecular formula is C31H38N2O6S. The Hall–Kier alpha value is -3.72. The summed E-state index contributed by atoms with van der Waals surface area (Å²) in [6.45, 7) is 8.65. The number of amides is 1. The molecule has 40 heavy (non-hydrogen) atoms. The van der Waals surface area contributed by atoms with Gasteiger partial charge in [0.15, 0.2) is 6.10 Å². The average Bonchev–Trinajstić information content (AvgIpc) is 2.94. The average molecular weight is 567 g/mol. The Morgan fingerprint density at radius 2 is 1.70 bits per heavy atom. The van der Waals surface area contributed by atoms with E-state index in [-0.39, 0.29) is 30.0 Å². The van der Waals surface area contributed by atoms with Crippen molar-refractivity contribution in [2.45, 2.75) is 57.0 Å². The molecule has 1 atom stereocenters. The van der Waals surface area contributed by atoms with E-state index in [9.17, 15) is 13.2 Å². The first kappa shape index (κ1) is 29.3. The lowest BCUT2D eigenvalue weighted by Gasteiger charge is -2.36. The summed E-state index contributed by atoms with van der Waals surface area (Å²) in [7, 11) is -2.48. The normalized spacial score (nSPS) is 15.1. The number of hydrogen-bond acceptors (Lipinski definition) is 6. The van der Waals surface area contributed by atoms with Gasteiger partial charge in [-0.25, -0.2) is 8.42 Å². The van der Waals surface area contributed by atoms with E-state index in [1.54, 1.807) is 18.2 Å². The Labute approximate surface area is 237 Å². The zero-order valence-corrected chi connectivity index (χ0v) is 24.6. The monoisotopic (exact) mass is 566 g/mol. The summed E-state index contributed by atoms with van der Waals surface area (Å²) in [6, 6.07) is 19.6. The molecule has 0 fully saturated rings. The van der Waals surface area contributed by atoms with Crippen molar-refractivity contribution in [1.29, 1.82) is 0 Å². The third-order valence-corrected chi connectivity index (χ3v) is 8.56. The maximum atomic E-state index is 13.8. The van der Waals surface area contributed by atoms with E-state index < -0.39 is 22.0 Å². The molecule has 1 aliphatic heterocycles. The van der Waals surface area contributed by atoms with Crippen molar-refractivity contribution in [2.75, 3.05) is 31.1 Å². The molecular weight excluding hydrogens is 528 g/mol. The first-order chi connectivity index (χ1) is 19.0. The number of hydrogen-bond donors (Lipinski definition) is 1. The van der Waals surface area contributed by atoms with E-state index in [0.717, 1.165) is 24.2 Å². The summed E-state index contributed by atoms with van der Waals surface area (Å²) < 4.78 is 45.9. The quantitative estimate of drug-likeness (QED) is 0.344. The molecule has 0 saturated heterocycles. The molecule has 0 saturated carbocycles. The predicted octanol–water partition coefficient (Wildman–Crippen LogP) is 5.10. The number of nitrogens with one attached hydrogen (secondary N) is 1. The number of aryl methyl sites for hydroxylation is 1. The van der Waals surface area contributed by atoms with Gasteiger partial charge in [0.25, 0.3) is 15.9 Å². The molecule has 4 rings (SSSR count). The third-order valence-electron chi connectivity index (χ3n) is 6.77. The smallest absolute Gasteiger partial charge is 0.264 e. The van der Waals surface area contributed by atoms with Crippen LogP contribution in [0.15, 0.2) is 71.6 Å². The molecule has 3 aromatic carbocycles. The lowest BCUT2D eigenvalue weighted by atomic mass is 9.86. The van der Waals surface area contributed by atoms with Gasteiger partial charge in [-0.15, -0.1) is 0 Å². The molecule has 1 aliphatic rings. The van der Waals surface area contributed by atoms with Gasteiger partial charge in [-0.3, -0.25) is 9.10 Å². The highest BCUT2D eigenvalue weighted by molar-refractivity contribution is 7.92. The van der Waals surface area contributed by atoms with Crippen molar-refractivity contribution >= 4 is 21.6 Å². The van der Waals surface area contributed by atoms with Crippen LogP contribution in [0, 0.1) is 0 Å². The number of nitrogens with zero attached hydrogens (tertiary/aromatic N) is 1. The molecule has 0 aromatic heterocycles. The number of benzene rings is 3. The van der Waals surface area contributed by atoms with Crippen molar-refractivity contribution < 1.29 is 27.4 Å². The van der Waals surface area contributed by atoms with Crippen molar-refractivity contribution in [3.8, 4) is 17.2 Å². The zero-order valence-electron chi connectivity index (χ0n) is 23.8. The molecule has 1 unspecified atom stereocenters. The summed E-state index contributed by atoms with van der Waals surface area (Å²) in [5.74, 6) is 1.19. The van der Waals surface area contributed by atoms with E-state index in [4.69, 9.17) is 14.2 Å². The standard InChI is InChI=1S/C31H38N2O6S/c1-6-7-22-8-11-25(12-9-22)38-19-18-32-30(34)29-21-33(40(35,36)26-15-13-24(37-5)14-16-26)27-20-23(31(2,3)4)10-17-28(27)39-29/h8-17,20,29H,6-7,18-19,21H2,1-5H3,(H,32,34). The van der Waals surface area contributed by atoms with Crippen LogP contribution in [-0.2, 0) is 26.7 Å². The topological polar surface area (TPSA) is 94.2 Å². The molecule has 1 amide bonds. The predicted molar refractivity (Wildman–Crippen MR) is 156 cm³/mol. The number of carbonyl (C=O) groups is 1. The van der Waals surface area contributed by atoms with Crippen LogP contribution in [0.1, 0.15) is 45.2 Å². The number of sulfonamides is 1. The van der Waals surface area contributed by atoms with Crippen molar-refractivity contribution in [1.82, 2.24) is 5.32 Å². The number of carbonyl (C=O) groups excluding carboxylic acids is 1. The van der Waals surface area contributed by atoms with Gasteiger partial charge in [0.1, 0.15) is 23.9 Å². The molecule has 1 N–H and O–H groups in total. The highest BCUT2D eigenvalue weighted by Crippen LogP contribution is 2.40. The molecule has 214 valence electrons. The molecule has 0 aliphatic carbocycles. The van der Waals surface area contributed by atoms with E-state index in [1.165, 1.54) is 29.1 Å². The fourth-order valence-corrected chi connectivity index (χ4v) is 5.92. The lowest BCUT2D eigenvalue weighted by molar-refractivity contribution is -0.127. The third kappa shape index (κ3) is 6.70. The van der Waals surface area contributed by atoms with E-state index >= 15 is 0 Å². The van der Waals surface area contributed by atoms with E-state index in [1.807, 2.05) is 36.4 Å². The van der Waals surface area contributed by atoms with Crippen LogP contribution in [0.2, 0.25) is 0 Å². The summed E-state index contributed by atoms with van der Waals surface area (Å²) in [5, 5.41) is 2.82. The van der Waals surface area contributed by atoms with Crippen LogP contribution < -0.4 is 23.8 Å². The summed E-state index contributed by atoms with van der Waals surface area (Å²) in [5.41, 5.74) is 2.39. The molecule has 1 heterocycles. The maximum absolute atomic E-state index is 13.8. The Balaban J connectivity index is 1.51. The molecule has 8 nitrogen and oxygen atoms in total. The number of ether oxygens (including phenoxy) is 3. The van der Waals surface area contributed by atoms with Gasteiger partial charge in [0, 0.05) is 0 Å². The van der Waals surface area contributed by atoms with Crippen molar-refractivity contribution in [3.05, 3.63) is 77.9 Å². The first-order valence-corrected chi connectivity index (χ1v) is 14.9. The fraction of sp³-hybridized carbons (Fsp3) is 0.387. The Bertz CT molecular complexity index is 1410. The minimum Gasteiger partial charge on any atom is -0.497 e. The summed E-state index contributed by atoms with van der Waals surface area (Å²) >= 11 is 0. The molecule has 9 heteroatoms. The van der Waals surface area contributed by atoms with Gasteiger partial charge in [-0.2, -0.15) is 0 Å². The van der Waals surface area contributed by atoms with Gasteiger partial charge >= 0.3 is 0 Å². The van der Waals surface area contributed by atoms with Crippen molar-refractivity contribution in [3.63, 3.8) is 0 Å². The fourth-order valence-electron chi connectivity index (χ4n) is 4.45. The van der Waals surface area contributed by atoms with Crippen LogP contribution in [0.4, 0.5) is 5.69 Å². The lowest BCUT2D eigenvalue weighted by Crippen LogP contribution is -2.51. The van der Waals surface area contributed by atoms with Gasteiger partial charge in [0.05, 0.1) is 30.8 Å². The number of fused-ring (bicyclic) bond motifs is 1. The van der Waals surface area contributed by atoms with Gasteiger partial charge in [-0.1, -0.05) is 52.3 Å². The Morgan fingerprint density at radius 3 is 2.33 bits per heavy atom. The number of methoxy groups -OCH3 is 1. The van der Waals surface area contributed by atoms with E-state index in [2.05, 4.69) is 33.0 Å². The van der Waals surface area contributed by atoms with Crippen LogP contribution in [0.3, 0.4) is 0 Å². The second kappa shape index (κ2) is 12.2. The summed E-state index contributed by atoms with van der Waals surface area (Å²) in [6.07, 6.45) is 1.06. The van der Waals surface area contributed by atoms with Crippen LogP contribution >= 0.6 is 0 Å². The largest absolute Gasteiger partial charge is 0.497 e. The Morgan fingerprint density at radius 1 is 1.02 bits per heavy atom. The Kier molecular flexibility index (Phi) is 8.93. The van der Waals surface area contributed by atoms with Gasteiger partial charge in [-0.05, 0) is 71.5 Å². The molecule has 0 spiro atoms. The maximum Gasteiger partial charge on any atom is 0.264 e. The number of rotatable bonds is 10. The van der Waals surface area contributed by atoms with E-state index in [0.29, 0.717) is 17.2 Å². The minimum absolute atomic E-state index is 0.0971. The molecule has 0 bridgehead atoms. The molecule has 3 aromatic rings. The van der Waals surface area contributed by atoms with Crippen LogP contribution in [0.5, 0.6) is 17.2 Å². The van der Waals surface area contributed by atoms with Gasteiger partial charge < -0.3 is 19.5 Å². The highest BCUT2D eigenvalue weighted by atomic mass is 32.2. The minimum atomic E-state index is -4.01. The van der Waals surface area contributed by atoms with Crippen molar-refractivity contribution in [2.24, 2.45) is 0 Å². The van der Waals surface area contributed by atoms with Crippen LogP contribution in [-0.4, -0.2) is 47.2 Å². The summed E-state index contributed by atoms with van der Waals surface area (Å²) in [4.78, 5) is 13.2. The second-order valence-corrected chi connectivity index (χ2v) is 12.6. The molecule has 0 radical (unpaired) electrons. The number of anilines is 1. The highest BCUT2D eigenvalue weighted by Gasteiger charge is 2.38. The second-order valence-electron chi connectivity index (χ2n) is 10.8. The SMILES string of the molecule is CCCc1ccc(OCCNC(=O)C2CN(S(=O)(=O)c3ccc(OC)cc3)c3cc(C(C)(C)C)ccc3O2)cc1. The first-order valence-electron chi connectivity index (χ1n) is 13.5. The zero-order chi connectivity index (χ0) is 28.9.